The Morgan fingerprint density at radius 3 is 2.64 bits per heavy atom. The minimum absolute atomic E-state index is 0.223. The van der Waals surface area contributed by atoms with Crippen molar-refractivity contribution < 1.29 is 23.4 Å². The van der Waals surface area contributed by atoms with Crippen LogP contribution in [-0.4, -0.2) is 35.8 Å². The van der Waals surface area contributed by atoms with Gasteiger partial charge in [0.15, 0.2) is 0 Å². The summed E-state index contributed by atoms with van der Waals surface area (Å²) in [5.41, 5.74) is 1.63. The fourth-order valence-electron chi connectivity index (χ4n) is 3.37. The van der Waals surface area contributed by atoms with Gasteiger partial charge in [-0.05, 0) is 52.2 Å². The second-order valence-corrected chi connectivity index (χ2v) is 8.78. The molecule has 0 aliphatic carbocycles. The molecular weight excluding hydrogens is 511 g/mol. The monoisotopic (exact) mass is 530 g/mol. The Labute approximate surface area is 202 Å². The SMILES string of the molecule is CCOC(=O)C(Cc1ccccc1OC)Oc1ncnc2sc(-c3ccc(F)cc3)c(Br)c12. The van der Waals surface area contributed by atoms with E-state index < -0.39 is 12.1 Å². The molecule has 33 heavy (non-hydrogen) atoms. The van der Waals surface area contributed by atoms with Gasteiger partial charge in [0, 0.05) is 6.42 Å². The molecule has 170 valence electrons. The Hall–Kier alpha value is -3.04. The smallest absolute Gasteiger partial charge is 0.347 e. The molecule has 4 rings (SSSR count). The number of nitrogens with zero attached hydrogens (tertiary/aromatic N) is 2. The molecule has 6 nitrogen and oxygen atoms in total. The molecule has 2 aromatic carbocycles. The van der Waals surface area contributed by atoms with Crippen LogP contribution in [0.5, 0.6) is 11.6 Å². The van der Waals surface area contributed by atoms with E-state index in [9.17, 15) is 9.18 Å². The normalized spacial score (nSPS) is 11.9. The van der Waals surface area contributed by atoms with Crippen LogP contribution in [0.15, 0.2) is 59.3 Å². The Balaban J connectivity index is 1.72. The van der Waals surface area contributed by atoms with Crippen molar-refractivity contribution in [1.29, 1.82) is 0 Å². The molecule has 0 aliphatic heterocycles. The molecule has 0 radical (unpaired) electrons. The summed E-state index contributed by atoms with van der Waals surface area (Å²) in [6, 6.07) is 13.6. The number of esters is 1. The van der Waals surface area contributed by atoms with Gasteiger partial charge in [0.05, 0.1) is 28.5 Å². The van der Waals surface area contributed by atoms with Crippen LogP contribution in [-0.2, 0) is 16.0 Å². The summed E-state index contributed by atoms with van der Waals surface area (Å²) in [4.78, 5) is 22.9. The van der Waals surface area contributed by atoms with Gasteiger partial charge in [-0.3, -0.25) is 0 Å². The lowest BCUT2D eigenvalue weighted by Gasteiger charge is -2.18. The first kappa shape index (κ1) is 23.1. The number of fused-ring (bicyclic) bond motifs is 1. The number of thiophene rings is 1. The predicted molar refractivity (Wildman–Crippen MR) is 128 cm³/mol. The molecule has 2 aromatic heterocycles. The second-order valence-electron chi connectivity index (χ2n) is 6.99. The highest BCUT2D eigenvalue weighted by Gasteiger charge is 2.27. The molecule has 0 saturated carbocycles. The molecular formula is C24H20BrFN2O4S. The molecule has 1 unspecified atom stereocenters. The molecule has 9 heteroatoms. The van der Waals surface area contributed by atoms with Crippen LogP contribution in [0.1, 0.15) is 12.5 Å². The highest BCUT2D eigenvalue weighted by molar-refractivity contribution is 9.10. The fraction of sp³-hybridized carbons (Fsp3) is 0.208. The van der Waals surface area contributed by atoms with Crippen LogP contribution in [0, 0.1) is 5.82 Å². The van der Waals surface area contributed by atoms with E-state index in [2.05, 4.69) is 25.9 Å². The molecule has 0 bridgehead atoms. The lowest BCUT2D eigenvalue weighted by molar-refractivity contribution is -0.151. The van der Waals surface area contributed by atoms with Gasteiger partial charge in [-0.1, -0.05) is 30.3 Å². The van der Waals surface area contributed by atoms with Gasteiger partial charge in [-0.25, -0.2) is 19.2 Å². The Kier molecular flexibility index (Phi) is 7.20. The van der Waals surface area contributed by atoms with Gasteiger partial charge in [0.1, 0.15) is 22.7 Å². The average molecular weight is 531 g/mol. The van der Waals surface area contributed by atoms with E-state index >= 15 is 0 Å². The zero-order valence-corrected chi connectivity index (χ0v) is 20.3. The van der Waals surface area contributed by atoms with Crippen LogP contribution in [0.25, 0.3) is 20.7 Å². The molecule has 0 amide bonds. The average Bonchev–Trinajstić information content (AvgIpc) is 3.17. The van der Waals surface area contributed by atoms with Gasteiger partial charge in [0.2, 0.25) is 12.0 Å². The summed E-state index contributed by atoms with van der Waals surface area (Å²) in [5, 5.41) is 0.635. The van der Waals surface area contributed by atoms with Gasteiger partial charge < -0.3 is 14.2 Å². The van der Waals surface area contributed by atoms with Crippen LogP contribution in [0.2, 0.25) is 0 Å². The maximum atomic E-state index is 13.4. The number of hydrogen-bond acceptors (Lipinski definition) is 7. The quantitative estimate of drug-likeness (QED) is 0.267. The molecule has 1 atom stereocenters. The number of aromatic nitrogens is 2. The summed E-state index contributed by atoms with van der Waals surface area (Å²) in [5.74, 6) is 0.0941. The van der Waals surface area contributed by atoms with Gasteiger partial charge in [0.25, 0.3) is 0 Å². The van der Waals surface area contributed by atoms with Gasteiger partial charge >= 0.3 is 5.97 Å². The van der Waals surface area contributed by atoms with E-state index in [1.54, 1.807) is 26.2 Å². The van der Waals surface area contributed by atoms with Crippen molar-refractivity contribution in [2.24, 2.45) is 0 Å². The van der Waals surface area contributed by atoms with E-state index in [0.717, 1.165) is 16.0 Å². The standard InChI is InChI=1S/C24H20BrFN2O4S/c1-3-31-24(29)18(12-15-6-4-5-7-17(15)30-2)32-22-19-20(25)21(33-23(19)28-13-27-22)14-8-10-16(26)11-9-14/h4-11,13,18H,3,12H2,1-2H3. The molecule has 0 N–H and O–H groups in total. The van der Waals surface area contributed by atoms with Crippen LogP contribution in [0.4, 0.5) is 4.39 Å². The number of para-hydroxylation sites is 1. The molecule has 4 aromatic rings. The van der Waals surface area contributed by atoms with Crippen molar-refractivity contribution in [2.75, 3.05) is 13.7 Å². The van der Waals surface area contributed by atoms with E-state index in [0.29, 0.717) is 20.4 Å². The lowest BCUT2D eigenvalue weighted by Crippen LogP contribution is -2.32. The summed E-state index contributed by atoms with van der Waals surface area (Å²) in [6.45, 7) is 1.96. The van der Waals surface area contributed by atoms with E-state index in [4.69, 9.17) is 14.2 Å². The third-order valence-electron chi connectivity index (χ3n) is 4.90. The summed E-state index contributed by atoms with van der Waals surface area (Å²) >= 11 is 5.04. The Bertz CT molecular complexity index is 1280. The van der Waals surface area contributed by atoms with E-state index in [1.165, 1.54) is 29.8 Å². The summed E-state index contributed by atoms with van der Waals surface area (Å²) in [7, 11) is 1.58. The predicted octanol–water partition coefficient (Wildman–Crippen LogP) is 5.82. The highest BCUT2D eigenvalue weighted by Crippen LogP contribution is 2.44. The van der Waals surface area contributed by atoms with Gasteiger partial charge in [-0.15, -0.1) is 11.3 Å². The lowest BCUT2D eigenvalue weighted by atomic mass is 10.1. The van der Waals surface area contributed by atoms with Crippen LogP contribution >= 0.6 is 27.3 Å². The first-order chi connectivity index (χ1) is 16.0. The van der Waals surface area contributed by atoms with Crippen LogP contribution < -0.4 is 9.47 Å². The highest BCUT2D eigenvalue weighted by atomic mass is 79.9. The maximum absolute atomic E-state index is 13.4. The van der Waals surface area contributed by atoms with Crippen molar-refractivity contribution >= 4 is 43.5 Å². The van der Waals surface area contributed by atoms with Crippen molar-refractivity contribution in [3.8, 4) is 22.1 Å². The third kappa shape index (κ3) is 4.99. The first-order valence-electron chi connectivity index (χ1n) is 10.2. The topological polar surface area (TPSA) is 70.5 Å². The summed E-state index contributed by atoms with van der Waals surface area (Å²) < 4.78 is 30.9. The van der Waals surface area contributed by atoms with Crippen molar-refractivity contribution in [3.05, 3.63) is 70.7 Å². The van der Waals surface area contributed by atoms with Crippen molar-refractivity contribution in [3.63, 3.8) is 0 Å². The molecule has 0 spiro atoms. The number of benzene rings is 2. The largest absolute Gasteiger partial charge is 0.496 e. The fourth-order valence-corrected chi connectivity index (χ4v) is 5.36. The van der Waals surface area contributed by atoms with Crippen molar-refractivity contribution in [2.45, 2.75) is 19.4 Å². The molecule has 0 saturated heterocycles. The Morgan fingerprint density at radius 1 is 1.15 bits per heavy atom. The number of ether oxygens (including phenoxy) is 3. The molecule has 2 heterocycles. The number of halogens is 2. The maximum Gasteiger partial charge on any atom is 0.347 e. The first-order valence-corrected chi connectivity index (χ1v) is 11.8. The zero-order chi connectivity index (χ0) is 23.4. The van der Waals surface area contributed by atoms with E-state index in [1.807, 2.05) is 24.3 Å². The summed E-state index contributed by atoms with van der Waals surface area (Å²) in [6.07, 6.45) is 0.682. The number of rotatable bonds is 8. The minimum atomic E-state index is -0.944. The minimum Gasteiger partial charge on any atom is -0.496 e. The Morgan fingerprint density at radius 2 is 1.91 bits per heavy atom. The molecule has 0 fully saturated rings. The van der Waals surface area contributed by atoms with Crippen molar-refractivity contribution in [1.82, 2.24) is 9.97 Å². The zero-order valence-electron chi connectivity index (χ0n) is 17.9. The molecule has 0 aliphatic rings. The number of methoxy groups -OCH3 is 1. The number of carbonyl (C=O) groups is 1. The second kappa shape index (κ2) is 10.3. The van der Waals surface area contributed by atoms with E-state index in [-0.39, 0.29) is 24.7 Å². The number of carbonyl (C=O) groups excluding carboxylic acids is 1. The number of hydrogen-bond donors (Lipinski definition) is 0. The van der Waals surface area contributed by atoms with Gasteiger partial charge in [-0.2, -0.15) is 0 Å². The third-order valence-corrected chi connectivity index (χ3v) is 7.11. The van der Waals surface area contributed by atoms with Crippen LogP contribution in [0.3, 0.4) is 0 Å².